The Hall–Kier alpha value is -1.17. The third-order valence-corrected chi connectivity index (χ3v) is 2.49. The summed E-state index contributed by atoms with van der Waals surface area (Å²) >= 11 is 0. The van der Waals surface area contributed by atoms with Crippen molar-refractivity contribution in [2.24, 2.45) is 0 Å². The molecule has 0 aromatic carbocycles. The summed E-state index contributed by atoms with van der Waals surface area (Å²) in [5.74, 6) is -0.315. The van der Waals surface area contributed by atoms with Gasteiger partial charge in [-0.2, -0.15) is 13.2 Å². The van der Waals surface area contributed by atoms with E-state index in [1.165, 1.54) is 6.20 Å². The van der Waals surface area contributed by atoms with Gasteiger partial charge in [-0.05, 0) is 12.8 Å². The minimum Gasteiger partial charge on any atom is -0.393 e. The molecule has 3 nitrogen and oxygen atoms in total. The fourth-order valence-corrected chi connectivity index (χ4v) is 1.68. The highest BCUT2D eigenvalue weighted by Crippen LogP contribution is 2.40. The SMILES string of the molecule is OC1CC(c2nccnc2C(F)(F)F)C1. The van der Waals surface area contributed by atoms with Crippen molar-refractivity contribution in [3.8, 4) is 0 Å². The van der Waals surface area contributed by atoms with Crippen molar-refractivity contribution in [3.63, 3.8) is 0 Å². The highest BCUT2D eigenvalue weighted by molar-refractivity contribution is 5.21. The Morgan fingerprint density at radius 2 is 1.80 bits per heavy atom. The predicted octanol–water partition coefficient (Wildman–Crippen LogP) is 1.73. The number of halogens is 3. The molecule has 1 fully saturated rings. The van der Waals surface area contributed by atoms with E-state index in [0.717, 1.165) is 6.20 Å². The van der Waals surface area contributed by atoms with E-state index in [1.807, 2.05) is 0 Å². The van der Waals surface area contributed by atoms with E-state index in [0.29, 0.717) is 12.8 Å². The molecule has 1 aromatic rings. The Kier molecular flexibility index (Phi) is 2.38. The Labute approximate surface area is 84.0 Å². The first-order chi connectivity index (χ1) is 6.98. The maximum absolute atomic E-state index is 12.5. The lowest BCUT2D eigenvalue weighted by Gasteiger charge is -2.31. The number of aromatic nitrogens is 2. The number of aliphatic hydroxyl groups is 1. The zero-order valence-corrected chi connectivity index (χ0v) is 7.70. The van der Waals surface area contributed by atoms with E-state index >= 15 is 0 Å². The van der Waals surface area contributed by atoms with Gasteiger partial charge in [0, 0.05) is 18.3 Å². The second-order valence-electron chi connectivity index (χ2n) is 3.61. The molecule has 1 heterocycles. The summed E-state index contributed by atoms with van der Waals surface area (Å²) in [5, 5.41) is 9.04. The van der Waals surface area contributed by atoms with Crippen molar-refractivity contribution >= 4 is 0 Å². The van der Waals surface area contributed by atoms with Gasteiger partial charge in [-0.3, -0.25) is 4.98 Å². The lowest BCUT2D eigenvalue weighted by molar-refractivity contribution is -0.142. The van der Waals surface area contributed by atoms with E-state index in [1.54, 1.807) is 0 Å². The molecule has 0 bridgehead atoms. The zero-order chi connectivity index (χ0) is 11.1. The molecular formula is C9H9F3N2O. The quantitative estimate of drug-likeness (QED) is 0.780. The van der Waals surface area contributed by atoms with Gasteiger partial charge in [-0.15, -0.1) is 0 Å². The van der Waals surface area contributed by atoms with Crippen LogP contribution in [0.4, 0.5) is 13.2 Å². The molecule has 1 saturated carbocycles. The van der Waals surface area contributed by atoms with E-state index in [9.17, 15) is 13.2 Å². The molecule has 1 aromatic heterocycles. The smallest absolute Gasteiger partial charge is 0.393 e. The van der Waals surface area contributed by atoms with E-state index in [2.05, 4.69) is 9.97 Å². The normalized spacial score (nSPS) is 26.1. The largest absolute Gasteiger partial charge is 0.435 e. The van der Waals surface area contributed by atoms with Gasteiger partial charge in [-0.1, -0.05) is 0 Å². The van der Waals surface area contributed by atoms with Gasteiger partial charge >= 0.3 is 6.18 Å². The zero-order valence-electron chi connectivity index (χ0n) is 7.70. The van der Waals surface area contributed by atoms with Gasteiger partial charge in [0.05, 0.1) is 11.8 Å². The molecule has 1 aliphatic carbocycles. The van der Waals surface area contributed by atoms with Crippen LogP contribution in [-0.4, -0.2) is 21.2 Å². The molecule has 0 amide bonds. The number of nitrogens with zero attached hydrogens (tertiary/aromatic N) is 2. The Morgan fingerprint density at radius 1 is 1.20 bits per heavy atom. The van der Waals surface area contributed by atoms with Crippen molar-refractivity contribution in [1.82, 2.24) is 9.97 Å². The van der Waals surface area contributed by atoms with Crippen LogP contribution in [0.5, 0.6) is 0 Å². The van der Waals surface area contributed by atoms with Crippen LogP contribution in [-0.2, 0) is 6.18 Å². The van der Waals surface area contributed by atoms with Gasteiger partial charge in [-0.25, -0.2) is 4.98 Å². The third-order valence-electron chi connectivity index (χ3n) is 2.49. The van der Waals surface area contributed by atoms with Crippen molar-refractivity contribution in [2.75, 3.05) is 0 Å². The standard InChI is InChI=1S/C9H9F3N2O/c10-9(11,12)8-7(13-1-2-14-8)5-3-6(15)4-5/h1-2,5-6,15H,3-4H2. The summed E-state index contributed by atoms with van der Waals surface area (Å²) in [5.41, 5.74) is -0.975. The number of hydrogen-bond donors (Lipinski definition) is 1. The minimum atomic E-state index is -4.47. The van der Waals surface area contributed by atoms with Crippen LogP contribution in [0.1, 0.15) is 30.1 Å². The van der Waals surface area contributed by atoms with E-state index in [4.69, 9.17) is 5.11 Å². The lowest BCUT2D eigenvalue weighted by Crippen LogP contribution is -2.29. The van der Waals surface area contributed by atoms with Crippen LogP contribution >= 0.6 is 0 Å². The molecular weight excluding hydrogens is 209 g/mol. The van der Waals surface area contributed by atoms with Crippen molar-refractivity contribution in [1.29, 1.82) is 0 Å². The molecule has 0 aliphatic heterocycles. The topological polar surface area (TPSA) is 46.0 Å². The van der Waals surface area contributed by atoms with Crippen molar-refractivity contribution in [3.05, 3.63) is 23.8 Å². The average Bonchev–Trinajstić information content (AvgIpc) is 2.12. The second kappa shape index (κ2) is 3.44. The van der Waals surface area contributed by atoms with Crippen LogP contribution in [0.15, 0.2) is 12.4 Å². The monoisotopic (exact) mass is 218 g/mol. The number of hydrogen-bond acceptors (Lipinski definition) is 3. The summed E-state index contributed by atoms with van der Waals surface area (Å²) in [6, 6.07) is 0. The van der Waals surface area contributed by atoms with Gasteiger partial charge < -0.3 is 5.11 Å². The Bertz CT molecular complexity index is 361. The van der Waals surface area contributed by atoms with Crippen molar-refractivity contribution in [2.45, 2.75) is 31.0 Å². The second-order valence-corrected chi connectivity index (χ2v) is 3.61. The fraction of sp³-hybridized carbons (Fsp3) is 0.556. The molecule has 6 heteroatoms. The molecule has 0 atom stereocenters. The number of alkyl halides is 3. The summed E-state index contributed by atoms with van der Waals surface area (Å²) < 4.78 is 37.5. The first-order valence-corrected chi connectivity index (χ1v) is 4.54. The molecule has 15 heavy (non-hydrogen) atoms. The van der Waals surface area contributed by atoms with Crippen LogP contribution in [0.3, 0.4) is 0 Å². The van der Waals surface area contributed by atoms with Gasteiger partial charge in [0.1, 0.15) is 0 Å². The molecule has 0 unspecified atom stereocenters. The summed E-state index contributed by atoms with van der Waals surface area (Å²) in [4.78, 5) is 7.02. The average molecular weight is 218 g/mol. The van der Waals surface area contributed by atoms with Gasteiger partial charge in [0.2, 0.25) is 0 Å². The minimum absolute atomic E-state index is 0.0460. The highest BCUT2D eigenvalue weighted by Gasteiger charge is 2.41. The van der Waals surface area contributed by atoms with Gasteiger partial charge in [0.15, 0.2) is 5.69 Å². The molecule has 1 aliphatic rings. The summed E-state index contributed by atoms with van der Waals surface area (Å²) in [7, 11) is 0. The fourth-order valence-electron chi connectivity index (χ4n) is 1.68. The van der Waals surface area contributed by atoms with Crippen LogP contribution in [0.2, 0.25) is 0 Å². The first-order valence-electron chi connectivity index (χ1n) is 4.54. The first kappa shape index (κ1) is 10.4. The number of rotatable bonds is 1. The summed E-state index contributed by atoms with van der Waals surface area (Å²) in [6.45, 7) is 0. The third kappa shape index (κ3) is 1.94. The van der Waals surface area contributed by atoms with Crippen LogP contribution in [0.25, 0.3) is 0 Å². The molecule has 0 radical (unpaired) electrons. The molecule has 82 valence electrons. The molecule has 0 spiro atoms. The highest BCUT2D eigenvalue weighted by atomic mass is 19.4. The van der Waals surface area contributed by atoms with Gasteiger partial charge in [0.25, 0.3) is 0 Å². The Balaban J connectivity index is 2.31. The molecule has 2 rings (SSSR count). The van der Waals surface area contributed by atoms with E-state index in [-0.39, 0.29) is 11.6 Å². The van der Waals surface area contributed by atoms with Crippen LogP contribution < -0.4 is 0 Å². The van der Waals surface area contributed by atoms with Crippen LogP contribution in [0, 0.1) is 0 Å². The Morgan fingerprint density at radius 3 is 2.33 bits per heavy atom. The lowest BCUT2D eigenvalue weighted by atomic mass is 9.79. The maximum atomic E-state index is 12.5. The molecule has 0 saturated heterocycles. The molecule has 1 N–H and O–H groups in total. The number of aliphatic hydroxyl groups excluding tert-OH is 1. The van der Waals surface area contributed by atoms with Crippen molar-refractivity contribution < 1.29 is 18.3 Å². The summed E-state index contributed by atoms with van der Waals surface area (Å²) in [6.07, 6.45) is -2.03. The van der Waals surface area contributed by atoms with E-state index < -0.39 is 18.0 Å². The predicted molar refractivity (Wildman–Crippen MR) is 45.0 cm³/mol. The maximum Gasteiger partial charge on any atom is 0.435 e.